The maximum atomic E-state index is 10.6. The molecule has 0 unspecified atom stereocenters. The number of aromatic nitrogens is 4. The van der Waals surface area contributed by atoms with Crippen molar-refractivity contribution in [2.24, 2.45) is 0 Å². The van der Waals surface area contributed by atoms with E-state index in [9.17, 15) is 20.4 Å². The SMILES string of the molecule is COc1cc(-c2c3nc(c(-c4ccc(O)c(OC)c4)c4ccc([n-]4)c(-c4ccc(O)c(OC)c4)c4nc(c(-c5ccc(O)c(OC)c5)c5ccc2[n-]5)C=C4)C=C3)ccc1O.[Cu+2]. The Kier molecular flexibility index (Phi) is 10.7. The van der Waals surface area contributed by atoms with Crippen molar-refractivity contribution in [1.82, 2.24) is 19.9 Å². The third-order valence-electron chi connectivity index (χ3n) is 10.5. The van der Waals surface area contributed by atoms with Gasteiger partial charge in [0.2, 0.25) is 0 Å². The Morgan fingerprint density at radius 1 is 0.361 bits per heavy atom. The second-order valence-corrected chi connectivity index (χ2v) is 13.9. The Hall–Kier alpha value is -7.60. The fourth-order valence-corrected chi connectivity index (χ4v) is 7.60. The fourth-order valence-electron chi connectivity index (χ4n) is 7.60. The first-order chi connectivity index (χ1) is 29.2. The molecule has 4 aromatic carbocycles. The van der Waals surface area contributed by atoms with Gasteiger partial charge in [0.05, 0.1) is 51.2 Å². The molecular formula is C48H36CuN4O8. The molecule has 5 heterocycles. The molecule has 2 aliphatic rings. The standard InChI is InChI=1S/C48H36N4O8.Cu/c1-57-41-21-25(5-17-37(41)53)45-29-9-11-31(49-29)46(26-6-18-38(54)42(22-26)58-2)33-13-15-35(51-33)48(28-8-20-40(56)44(24-28)60-4)36-16-14-34(52-36)47(32-12-10-30(45)50-32)27-7-19-39(55)43(23-27)59-3;/h5-24H,1-4H3,(H4-2,49,50,51,52,53,54,55,56);/q-2;+2. The molecule has 8 bridgehead atoms. The molecule has 0 amide bonds. The van der Waals surface area contributed by atoms with Crippen molar-refractivity contribution >= 4 is 46.4 Å². The maximum absolute atomic E-state index is 10.6. The van der Waals surface area contributed by atoms with E-state index in [0.717, 1.165) is 0 Å². The van der Waals surface area contributed by atoms with Gasteiger partial charge in [-0.05, 0) is 117 Å². The van der Waals surface area contributed by atoms with Crippen LogP contribution in [-0.4, -0.2) is 58.8 Å². The molecule has 307 valence electrons. The second-order valence-electron chi connectivity index (χ2n) is 13.9. The minimum absolute atomic E-state index is 0. The number of hydrogen-bond acceptors (Lipinski definition) is 10. The van der Waals surface area contributed by atoms with Gasteiger partial charge >= 0.3 is 17.1 Å². The average molecular weight is 860 g/mol. The first-order valence-corrected chi connectivity index (χ1v) is 18.7. The van der Waals surface area contributed by atoms with Crippen LogP contribution in [0.4, 0.5) is 0 Å². The molecule has 1 radical (unpaired) electrons. The summed E-state index contributed by atoms with van der Waals surface area (Å²) >= 11 is 0. The summed E-state index contributed by atoms with van der Waals surface area (Å²) in [6, 6.07) is 28.0. The Bertz CT molecular complexity index is 2710. The van der Waals surface area contributed by atoms with E-state index in [0.29, 0.717) is 89.4 Å². The molecule has 12 nitrogen and oxygen atoms in total. The third kappa shape index (κ3) is 7.15. The predicted octanol–water partition coefficient (Wildman–Crippen LogP) is 9.44. The van der Waals surface area contributed by atoms with Gasteiger partial charge in [0.15, 0.2) is 46.0 Å². The van der Waals surface area contributed by atoms with E-state index >= 15 is 0 Å². The molecule has 0 fully saturated rings. The zero-order valence-corrected chi connectivity index (χ0v) is 34.0. The van der Waals surface area contributed by atoms with Crippen molar-refractivity contribution in [1.29, 1.82) is 0 Å². The minimum Gasteiger partial charge on any atom is -0.657 e. The van der Waals surface area contributed by atoms with Crippen LogP contribution in [-0.2, 0) is 17.1 Å². The van der Waals surface area contributed by atoms with Crippen molar-refractivity contribution in [2.75, 3.05) is 28.4 Å². The molecule has 13 heteroatoms. The molecule has 3 aromatic heterocycles. The Morgan fingerprint density at radius 2 is 0.590 bits per heavy atom. The van der Waals surface area contributed by atoms with Gasteiger partial charge in [0.1, 0.15) is 0 Å². The normalized spacial score (nSPS) is 11.6. The van der Waals surface area contributed by atoms with Crippen LogP contribution in [0.2, 0.25) is 0 Å². The van der Waals surface area contributed by atoms with Crippen molar-refractivity contribution in [3.05, 3.63) is 120 Å². The van der Waals surface area contributed by atoms with Crippen LogP contribution in [0.5, 0.6) is 46.0 Å². The van der Waals surface area contributed by atoms with Crippen molar-refractivity contribution in [3.63, 3.8) is 0 Å². The van der Waals surface area contributed by atoms with E-state index in [1.54, 1.807) is 72.8 Å². The number of phenolic OH excluding ortho intramolecular Hbond substituents is 4. The van der Waals surface area contributed by atoms with Crippen LogP contribution in [0.25, 0.3) is 90.9 Å². The first kappa shape index (κ1) is 40.2. The van der Waals surface area contributed by atoms with Crippen LogP contribution in [0, 0.1) is 0 Å². The number of fused-ring (bicyclic) bond motifs is 8. The molecule has 0 spiro atoms. The van der Waals surface area contributed by atoms with E-state index in [2.05, 4.69) is 0 Å². The molecule has 0 atom stereocenters. The summed E-state index contributed by atoms with van der Waals surface area (Å²) in [4.78, 5) is 20.9. The van der Waals surface area contributed by atoms with Gasteiger partial charge in [-0.3, -0.25) is 0 Å². The molecule has 0 aliphatic carbocycles. The topological polar surface area (TPSA) is 172 Å². The second kappa shape index (κ2) is 16.2. The van der Waals surface area contributed by atoms with Gasteiger partial charge in [0.25, 0.3) is 0 Å². The number of phenols is 4. The zero-order valence-electron chi connectivity index (χ0n) is 33.1. The van der Waals surface area contributed by atoms with Crippen LogP contribution >= 0.6 is 0 Å². The van der Waals surface area contributed by atoms with E-state index in [4.69, 9.17) is 38.9 Å². The first-order valence-electron chi connectivity index (χ1n) is 18.7. The van der Waals surface area contributed by atoms with Crippen LogP contribution in [0.1, 0.15) is 22.8 Å². The molecule has 7 aromatic rings. The maximum Gasteiger partial charge on any atom is 2.00 e. The zero-order chi connectivity index (χ0) is 41.7. The molecule has 61 heavy (non-hydrogen) atoms. The quantitative estimate of drug-likeness (QED) is 0.107. The van der Waals surface area contributed by atoms with Gasteiger partial charge in [-0.25, -0.2) is 9.97 Å². The Labute approximate surface area is 360 Å². The number of rotatable bonds is 8. The van der Waals surface area contributed by atoms with E-state index < -0.39 is 0 Å². The number of nitrogens with zero attached hydrogens (tertiary/aromatic N) is 4. The van der Waals surface area contributed by atoms with Gasteiger partial charge in [-0.2, -0.15) is 0 Å². The average Bonchev–Trinajstić information content (AvgIpc) is 4.11. The van der Waals surface area contributed by atoms with Crippen LogP contribution in [0.3, 0.4) is 0 Å². The Morgan fingerprint density at radius 3 is 0.803 bits per heavy atom. The summed E-state index contributed by atoms with van der Waals surface area (Å²) in [6.45, 7) is 0. The minimum atomic E-state index is -0.0192. The summed E-state index contributed by atoms with van der Waals surface area (Å²) in [7, 11) is 5.96. The van der Waals surface area contributed by atoms with Crippen molar-refractivity contribution in [2.45, 2.75) is 0 Å². The number of ether oxygens (including phenoxy) is 4. The Balaban J connectivity index is 0.00000514. The number of hydrogen-bond donors (Lipinski definition) is 4. The van der Waals surface area contributed by atoms with Gasteiger partial charge in [-0.1, -0.05) is 48.5 Å². The number of methoxy groups -OCH3 is 4. The number of aromatic hydroxyl groups is 4. The predicted molar refractivity (Wildman–Crippen MR) is 231 cm³/mol. The largest absolute Gasteiger partial charge is 2.00 e. The molecule has 9 rings (SSSR count). The van der Waals surface area contributed by atoms with E-state index in [1.807, 2.05) is 48.6 Å². The van der Waals surface area contributed by atoms with Gasteiger partial charge < -0.3 is 49.3 Å². The summed E-state index contributed by atoms with van der Waals surface area (Å²) in [5.74, 6) is 1.03. The van der Waals surface area contributed by atoms with Gasteiger partial charge in [0, 0.05) is 0 Å². The van der Waals surface area contributed by atoms with Gasteiger partial charge in [-0.15, -0.1) is 22.1 Å². The summed E-state index contributed by atoms with van der Waals surface area (Å²) in [6.07, 6.45) is 7.60. The molecular weight excluding hydrogens is 824 g/mol. The fraction of sp³-hybridized carbons (Fsp3) is 0.0833. The smallest absolute Gasteiger partial charge is 0.657 e. The van der Waals surface area contributed by atoms with Crippen molar-refractivity contribution in [3.8, 4) is 90.5 Å². The van der Waals surface area contributed by atoms with E-state index in [1.165, 1.54) is 28.4 Å². The molecule has 2 aliphatic heterocycles. The summed E-state index contributed by atoms with van der Waals surface area (Å²) in [5, 5.41) is 42.4. The third-order valence-corrected chi connectivity index (χ3v) is 10.5. The van der Waals surface area contributed by atoms with Crippen LogP contribution < -0.4 is 28.9 Å². The summed E-state index contributed by atoms with van der Waals surface area (Å²) < 4.78 is 22.1. The van der Waals surface area contributed by atoms with Crippen LogP contribution in [0.15, 0.2) is 97.1 Å². The molecule has 0 saturated heterocycles. The summed E-state index contributed by atoms with van der Waals surface area (Å²) in [5.41, 5.74) is 10.0. The molecule has 0 saturated carbocycles. The number of benzene rings is 4. The monoisotopic (exact) mass is 859 g/mol. The van der Waals surface area contributed by atoms with Crippen molar-refractivity contribution < 1.29 is 56.4 Å². The molecule has 4 N–H and O–H groups in total. The van der Waals surface area contributed by atoms with E-state index in [-0.39, 0.29) is 63.1 Å².